The number of hydrogen-bond donors (Lipinski definition) is 3. The standard InChI is InChI=1S/C2H4BNO2S2/c5-3(6)2-1-7-8-4-2/h1,4-6H. The summed E-state index contributed by atoms with van der Waals surface area (Å²) in [5.41, 5.74) is 0.458. The average molecular weight is 149 g/mol. The molecule has 0 saturated carbocycles. The number of hydrogen-bond acceptors (Lipinski definition) is 5. The summed E-state index contributed by atoms with van der Waals surface area (Å²) in [6, 6.07) is 0. The molecule has 1 aliphatic heterocycles. The largest absolute Gasteiger partial charge is 0.506 e. The fraction of sp³-hybridized carbons (Fsp3) is 0. The first-order valence-electron chi connectivity index (χ1n) is 1.95. The van der Waals surface area contributed by atoms with Gasteiger partial charge >= 0.3 is 7.12 Å². The van der Waals surface area contributed by atoms with Crippen LogP contribution in [0.3, 0.4) is 0 Å². The van der Waals surface area contributed by atoms with Crippen LogP contribution >= 0.6 is 21.8 Å². The molecule has 0 amide bonds. The van der Waals surface area contributed by atoms with Gasteiger partial charge in [0.05, 0.1) is 5.60 Å². The molecule has 0 aromatic carbocycles. The minimum Gasteiger partial charge on any atom is -0.422 e. The summed E-state index contributed by atoms with van der Waals surface area (Å²) in [7, 11) is 1.45. The van der Waals surface area contributed by atoms with Crippen molar-refractivity contribution in [1.29, 1.82) is 0 Å². The Hall–Kier alpha value is 0.225. The fourth-order valence-corrected chi connectivity index (χ4v) is 1.89. The predicted octanol–water partition coefficient (Wildman–Crippen LogP) is -0.261. The average Bonchev–Trinajstić information content (AvgIpc) is 2.12. The lowest BCUT2D eigenvalue weighted by atomic mass is 9.88. The SMILES string of the molecule is OB(O)C1=CSSN1. The van der Waals surface area contributed by atoms with Crippen molar-refractivity contribution < 1.29 is 10.0 Å². The van der Waals surface area contributed by atoms with Gasteiger partial charge in [-0.2, -0.15) is 0 Å². The van der Waals surface area contributed by atoms with Crippen molar-refractivity contribution in [3.8, 4) is 0 Å². The summed E-state index contributed by atoms with van der Waals surface area (Å²) in [6.07, 6.45) is 0. The van der Waals surface area contributed by atoms with Crippen LogP contribution in [0.2, 0.25) is 0 Å². The maximum atomic E-state index is 8.45. The molecule has 0 bridgehead atoms. The first-order chi connectivity index (χ1) is 3.80. The van der Waals surface area contributed by atoms with Gasteiger partial charge < -0.3 is 14.8 Å². The van der Waals surface area contributed by atoms with Crippen LogP contribution in [-0.2, 0) is 0 Å². The Morgan fingerprint density at radius 3 is 2.62 bits per heavy atom. The van der Waals surface area contributed by atoms with Gasteiger partial charge in [-0.05, 0) is 16.2 Å². The van der Waals surface area contributed by atoms with Crippen molar-refractivity contribution in [2.45, 2.75) is 0 Å². The van der Waals surface area contributed by atoms with Gasteiger partial charge in [0.25, 0.3) is 0 Å². The van der Waals surface area contributed by atoms with E-state index in [2.05, 4.69) is 4.72 Å². The zero-order valence-corrected chi connectivity index (χ0v) is 5.50. The van der Waals surface area contributed by atoms with Gasteiger partial charge in [-0.1, -0.05) is 0 Å². The molecule has 6 heteroatoms. The number of rotatable bonds is 1. The highest BCUT2D eigenvalue weighted by molar-refractivity contribution is 8.77. The smallest absolute Gasteiger partial charge is 0.422 e. The van der Waals surface area contributed by atoms with Gasteiger partial charge in [-0.15, -0.1) is 0 Å². The summed E-state index contributed by atoms with van der Waals surface area (Å²) < 4.78 is 2.70. The van der Waals surface area contributed by atoms with Crippen molar-refractivity contribution in [1.82, 2.24) is 4.72 Å². The van der Waals surface area contributed by atoms with E-state index >= 15 is 0 Å². The second-order valence-corrected chi connectivity index (χ2v) is 3.10. The molecule has 3 N–H and O–H groups in total. The molecular weight excluding hydrogens is 145 g/mol. The lowest BCUT2D eigenvalue weighted by molar-refractivity contribution is 0.417. The van der Waals surface area contributed by atoms with Gasteiger partial charge in [-0.3, -0.25) is 0 Å². The van der Waals surface area contributed by atoms with E-state index in [9.17, 15) is 0 Å². The van der Waals surface area contributed by atoms with Crippen molar-refractivity contribution in [2.24, 2.45) is 0 Å². The molecule has 0 atom stereocenters. The van der Waals surface area contributed by atoms with Crippen LogP contribution in [-0.4, -0.2) is 17.2 Å². The summed E-state index contributed by atoms with van der Waals surface area (Å²) in [5.74, 6) is 0. The van der Waals surface area contributed by atoms with Gasteiger partial charge in [-0.25, -0.2) is 0 Å². The first-order valence-corrected chi connectivity index (χ1v) is 4.16. The minimum absolute atomic E-state index is 0.458. The van der Waals surface area contributed by atoms with E-state index in [1.54, 1.807) is 5.41 Å². The van der Waals surface area contributed by atoms with Crippen LogP contribution in [0.5, 0.6) is 0 Å². The first kappa shape index (κ1) is 6.35. The van der Waals surface area contributed by atoms with Crippen LogP contribution in [0.4, 0.5) is 0 Å². The Labute approximate surface area is 55.2 Å². The molecule has 1 rings (SSSR count). The van der Waals surface area contributed by atoms with E-state index in [1.807, 2.05) is 0 Å². The molecule has 0 radical (unpaired) electrons. The molecular formula is C2H4BNO2S2. The lowest BCUT2D eigenvalue weighted by Crippen LogP contribution is -2.21. The van der Waals surface area contributed by atoms with Crippen molar-refractivity contribution in [3.05, 3.63) is 11.0 Å². The maximum Gasteiger partial charge on any atom is 0.506 e. The molecule has 1 heterocycles. The molecule has 0 aliphatic carbocycles. The zero-order chi connectivity index (χ0) is 5.98. The molecule has 0 saturated heterocycles. The van der Waals surface area contributed by atoms with Gasteiger partial charge in [0, 0.05) is 11.0 Å². The molecule has 8 heavy (non-hydrogen) atoms. The maximum absolute atomic E-state index is 8.45. The quantitative estimate of drug-likeness (QED) is 0.272. The van der Waals surface area contributed by atoms with Gasteiger partial charge in [0.2, 0.25) is 0 Å². The van der Waals surface area contributed by atoms with E-state index < -0.39 is 7.12 Å². The molecule has 1 aliphatic rings. The molecule has 0 fully saturated rings. The lowest BCUT2D eigenvalue weighted by Gasteiger charge is -1.96. The highest BCUT2D eigenvalue weighted by atomic mass is 33.1. The van der Waals surface area contributed by atoms with E-state index in [-0.39, 0.29) is 0 Å². The van der Waals surface area contributed by atoms with Crippen molar-refractivity contribution in [3.63, 3.8) is 0 Å². The topological polar surface area (TPSA) is 52.5 Å². The third-order valence-corrected chi connectivity index (χ3v) is 2.25. The second kappa shape index (κ2) is 2.68. The molecule has 0 unspecified atom stereocenters. The Balaban J connectivity index is 2.45. The third kappa shape index (κ3) is 1.35. The highest BCUT2D eigenvalue weighted by Gasteiger charge is 2.17. The Bertz CT molecular complexity index is 117. The highest BCUT2D eigenvalue weighted by Crippen LogP contribution is 2.28. The van der Waals surface area contributed by atoms with E-state index in [4.69, 9.17) is 10.0 Å². The van der Waals surface area contributed by atoms with Crippen LogP contribution < -0.4 is 4.72 Å². The summed E-state index contributed by atoms with van der Waals surface area (Å²) in [6.45, 7) is 0. The van der Waals surface area contributed by atoms with Crippen LogP contribution in [0.25, 0.3) is 0 Å². The van der Waals surface area contributed by atoms with E-state index in [1.165, 1.54) is 21.8 Å². The van der Waals surface area contributed by atoms with Crippen LogP contribution in [0.1, 0.15) is 0 Å². The van der Waals surface area contributed by atoms with Gasteiger partial charge in [0.15, 0.2) is 0 Å². The van der Waals surface area contributed by atoms with Crippen LogP contribution in [0, 0.1) is 0 Å². The van der Waals surface area contributed by atoms with Gasteiger partial charge in [0.1, 0.15) is 0 Å². The number of nitrogens with one attached hydrogen (secondary N) is 1. The summed E-state index contributed by atoms with van der Waals surface area (Å²) in [5, 5.41) is 18.6. The van der Waals surface area contributed by atoms with Crippen molar-refractivity contribution in [2.75, 3.05) is 0 Å². The van der Waals surface area contributed by atoms with Crippen LogP contribution in [0.15, 0.2) is 11.0 Å². The Kier molecular flexibility index (Phi) is 2.12. The van der Waals surface area contributed by atoms with E-state index in [0.29, 0.717) is 5.60 Å². The fourth-order valence-electron chi connectivity index (χ4n) is 0.286. The Morgan fingerprint density at radius 1 is 1.62 bits per heavy atom. The third-order valence-electron chi connectivity index (χ3n) is 0.661. The zero-order valence-electron chi connectivity index (χ0n) is 3.87. The molecule has 0 aromatic rings. The summed E-state index contributed by atoms with van der Waals surface area (Å²) >= 11 is 0. The minimum atomic E-state index is -1.35. The molecule has 0 aromatic heterocycles. The normalized spacial score (nSPS) is 17.5. The summed E-state index contributed by atoms with van der Waals surface area (Å²) in [4.78, 5) is 0. The molecule has 0 spiro atoms. The second-order valence-electron chi connectivity index (χ2n) is 1.23. The monoisotopic (exact) mass is 149 g/mol. The van der Waals surface area contributed by atoms with Crippen molar-refractivity contribution >= 4 is 28.9 Å². The Morgan fingerprint density at radius 2 is 2.38 bits per heavy atom. The predicted molar refractivity (Wildman–Crippen MR) is 36.6 cm³/mol. The molecule has 44 valence electrons. The molecule has 3 nitrogen and oxygen atoms in total. The van der Waals surface area contributed by atoms with E-state index in [0.717, 1.165) is 0 Å².